The Hall–Kier alpha value is -2.77. The van der Waals surface area contributed by atoms with Crippen LogP contribution in [-0.4, -0.2) is 16.0 Å². The monoisotopic (exact) mass is 361 g/mol. The van der Waals surface area contributed by atoms with Gasteiger partial charge >= 0.3 is 0 Å². The van der Waals surface area contributed by atoms with Crippen molar-refractivity contribution < 1.29 is 18.7 Å². The first-order valence-electron chi connectivity index (χ1n) is 7.23. The number of nitrogens with zero attached hydrogens (tertiary/aromatic N) is 2. The highest BCUT2D eigenvalue weighted by molar-refractivity contribution is 6.31. The second-order valence-corrected chi connectivity index (χ2v) is 5.72. The third-order valence-electron chi connectivity index (χ3n) is 3.62. The van der Waals surface area contributed by atoms with Crippen molar-refractivity contribution in [2.45, 2.75) is 13.5 Å². The van der Waals surface area contributed by atoms with E-state index < -0.39 is 11.7 Å². The molecule has 6 nitrogen and oxygen atoms in total. The lowest BCUT2D eigenvalue weighted by Gasteiger charge is -2.07. The SMILES string of the molecule is Cc1ncc(CO)c2cc(C(N)=O)c(=Nc3ccc(F)c(Cl)c3)oc12. The predicted octanol–water partition coefficient (Wildman–Crippen LogP) is 2.75. The summed E-state index contributed by atoms with van der Waals surface area (Å²) in [6.07, 6.45) is 1.49. The van der Waals surface area contributed by atoms with Crippen molar-refractivity contribution >= 4 is 34.2 Å². The number of hydrogen-bond donors (Lipinski definition) is 2. The van der Waals surface area contributed by atoms with Crippen LogP contribution in [0.2, 0.25) is 5.02 Å². The molecule has 0 spiro atoms. The van der Waals surface area contributed by atoms with E-state index in [1.165, 1.54) is 24.4 Å². The Morgan fingerprint density at radius 3 is 2.84 bits per heavy atom. The fraction of sp³-hybridized carbons (Fsp3) is 0.118. The number of benzene rings is 1. The molecule has 2 aromatic heterocycles. The van der Waals surface area contributed by atoms with Crippen LogP contribution in [0.1, 0.15) is 21.6 Å². The summed E-state index contributed by atoms with van der Waals surface area (Å²) in [5, 5.41) is 9.85. The van der Waals surface area contributed by atoms with Gasteiger partial charge in [-0.1, -0.05) is 11.6 Å². The Labute approximate surface area is 146 Å². The molecule has 0 bridgehead atoms. The lowest BCUT2D eigenvalue weighted by molar-refractivity contribution is 0.0996. The number of halogens is 2. The van der Waals surface area contributed by atoms with E-state index in [0.29, 0.717) is 27.9 Å². The zero-order chi connectivity index (χ0) is 18.1. The minimum absolute atomic E-state index is 0.0215. The van der Waals surface area contributed by atoms with Crippen molar-refractivity contribution in [3.05, 3.63) is 63.7 Å². The minimum atomic E-state index is -0.754. The van der Waals surface area contributed by atoms with Crippen LogP contribution in [0.25, 0.3) is 11.0 Å². The van der Waals surface area contributed by atoms with Gasteiger partial charge in [0.25, 0.3) is 5.91 Å². The molecule has 0 radical (unpaired) electrons. The molecule has 0 atom stereocenters. The van der Waals surface area contributed by atoms with E-state index in [1.807, 2.05) is 0 Å². The van der Waals surface area contributed by atoms with Gasteiger partial charge in [0.05, 0.1) is 23.0 Å². The van der Waals surface area contributed by atoms with E-state index in [-0.39, 0.29) is 22.7 Å². The Morgan fingerprint density at radius 2 is 2.20 bits per heavy atom. The van der Waals surface area contributed by atoms with Gasteiger partial charge in [0.2, 0.25) is 5.55 Å². The van der Waals surface area contributed by atoms with Gasteiger partial charge in [-0.05, 0) is 31.2 Å². The summed E-state index contributed by atoms with van der Waals surface area (Å²) in [4.78, 5) is 20.1. The minimum Gasteiger partial charge on any atom is -0.436 e. The van der Waals surface area contributed by atoms with Gasteiger partial charge in [-0.25, -0.2) is 9.38 Å². The summed E-state index contributed by atoms with van der Waals surface area (Å²) in [5.41, 5.74) is 7.09. The molecule has 0 aliphatic heterocycles. The van der Waals surface area contributed by atoms with Gasteiger partial charge in [0.15, 0.2) is 5.58 Å². The van der Waals surface area contributed by atoms with Crippen molar-refractivity contribution in [1.82, 2.24) is 4.98 Å². The first-order valence-corrected chi connectivity index (χ1v) is 7.61. The highest BCUT2D eigenvalue weighted by atomic mass is 35.5. The van der Waals surface area contributed by atoms with Gasteiger partial charge in [-0.2, -0.15) is 0 Å². The molecule has 1 aromatic carbocycles. The molecule has 128 valence electrons. The van der Waals surface area contributed by atoms with Crippen LogP contribution >= 0.6 is 11.6 Å². The standard InChI is InChI=1S/C17H13ClFN3O3/c1-8-15-11(9(7-23)6-21-8)5-12(16(20)24)17(25-15)22-10-2-3-14(19)13(18)4-10/h2-6,23H,7H2,1H3,(H2,20,24). The molecule has 3 aromatic rings. The first-order chi connectivity index (χ1) is 11.9. The maximum absolute atomic E-state index is 13.3. The van der Waals surface area contributed by atoms with Crippen LogP contribution in [-0.2, 0) is 6.61 Å². The van der Waals surface area contributed by atoms with Gasteiger partial charge < -0.3 is 15.3 Å². The molecular formula is C17H13ClFN3O3. The normalized spacial score (nSPS) is 11.9. The van der Waals surface area contributed by atoms with Gasteiger partial charge in [-0.15, -0.1) is 0 Å². The van der Waals surface area contributed by atoms with Crippen molar-refractivity contribution in [3.8, 4) is 0 Å². The fourth-order valence-corrected chi connectivity index (χ4v) is 2.52. The highest BCUT2D eigenvalue weighted by Gasteiger charge is 2.14. The molecule has 8 heteroatoms. The number of hydrogen-bond acceptors (Lipinski definition) is 5. The number of carbonyl (C=O) groups excluding carboxylic acids is 1. The number of primary amides is 1. The predicted molar refractivity (Wildman–Crippen MR) is 89.8 cm³/mol. The van der Waals surface area contributed by atoms with Crippen LogP contribution in [0.3, 0.4) is 0 Å². The van der Waals surface area contributed by atoms with Crippen molar-refractivity contribution in [3.63, 3.8) is 0 Å². The van der Waals surface area contributed by atoms with E-state index in [2.05, 4.69) is 9.98 Å². The number of carbonyl (C=O) groups is 1. The number of pyridine rings is 1. The Morgan fingerprint density at radius 1 is 1.44 bits per heavy atom. The van der Waals surface area contributed by atoms with Gasteiger partial charge in [-0.3, -0.25) is 9.78 Å². The van der Waals surface area contributed by atoms with Crippen LogP contribution in [0.5, 0.6) is 0 Å². The Balaban J connectivity index is 2.35. The largest absolute Gasteiger partial charge is 0.436 e. The topological polar surface area (TPSA) is 102 Å². The van der Waals surface area contributed by atoms with Gasteiger partial charge in [0.1, 0.15) is 11.4 Å². The average molecular weight is 362 g/mol. The lowest BCUT2D eigenvalue weighted by atomic mass is 10.1. The third-order valence-corrected chi connectivity index (χ3v) is 3.91. The summed E-state index contributed by atoms with van der Waals surface area (Å²) in [7, 11) is 0. The zero-order valence-corrected chi connectivity index (χ0v) is 13.8. The molecule has 0 saturated heterocycles. The third kappa shape index (κ3) is 3.24. The maximum atomic E-state index is 13.3. The summed E-state index contributed by atoms with van der Waals surface area (Å²) < 4.78 is 19.0. The smallest absolute Gasteiger partial charge is 0.254 e. The second-order valence-electron chi connectivity index (χ2n) is 5.31. The number of aromatic nitrogens is 1. The van der Waals surface area contributed by atoms with Crippen LogP contribution in [0.15, 0.2) is 39.9 Å². The molecule has 0 aliphatic carbocycles. The first kappa shape index (κ1) is 17.1. The maximum Gasteiger partial charge on any atom is 0.254 e. The molecular weight excluding hydrogens is 349 g/mol. The lowest BCUT2D eigenvalue weighted by Crippen LogP contribution is -2.22. The van der Waals surface area contributed by atoms with Crippen LogP contribution in [0.4, 0.5) is 10.1 Å². The van der Waals surface area contributed by atoms with Crippen molar-refractivity contribution in [2.75, 3.05) is 0 Å². The molecule has 0 aliphatic rings. The number of aliphatic hydroxyl groups is 1. The number of aliphatic hydroxyl groups excluding tert-OH is 1. The zero-order valence-electron chi connectivity index (χ0n) is 13.1. The molecule has 0 saturated carbocycles. The quantitative estimate of drug-likeness (QED) is 0.748. The summed E-state index contributed by atoms with van der Waals surface area (Å²) in [6.45, 7) is 1.44. The molecule has 0 unspecified atom stereocenters. The number of rotatable bonds is 3. The van der Waals surface area contributed by atoms with Crippen molar-refractivity contribution in [2.24, 2.45) is 10.7 Å². The number of nitrogens with two attached hydrogens (primary N) is 1. The Bertz CT molecular complexity index is 1060. The second kappa shape index (κ2) is 6.62. The summed E-state index contributed by atoms with van der Waals surface area (Å²) >= 11 is 5.75. The average Bonchev–Trinajstić information content (AvgIpc) is 2.58. The van der Waals surface area contributed by atoms with E-state index in [9.17, 15) is 14.3 Å². The number of amides is 1. The molecule has 3 rings (SSSR count). The van der Waals surface area contributed by atoms with E-state index in [1.54, 1.807) is 6.92 Å². The summed E-state index contributed by atoms with van der Waals surface area (Å²) in [5.74, 6) is -1.34. The van der Waals surface area contributed by atoms with Gasteiger partial charge in [0, 0.05) is 17.1 Å². The highest BCUT2D eigenvalue weighted by Crippen LogP contribution is 2.23. The molecule has 1 amide bonds. The van der Waals surface area contributed by atoms with Crippen LogP contribution in [0, 0.1) is 12.7 Å². The molecule has 3 N–H and O–H groups in total. The molecule has 2 heterocycles. The molecule has 25 heavy (non-hydrogen) atoms. The Kier molecular flexibility index (Phi) is 4.52. The summed E-state index contributed by atoms with van der Waals surface area (Å²) in [6, 6.07) is 5.34. The van der Waals surface area contributed by atoms with E-state index in [0.717, 1.165) is 6.07 Å². The van der Waals surface area contributed by atoms with Crippen molar-refractivity contribution in [1.29, 1.82) is 0 Å². The number of aryl methyl sites for hydroxylation is 1. The van der Waals surface area contributed by atoms with E-state index >= 15 is 0 Å². The number of fused-ring (bicyclic) bond motifs is 1. The molecule has 0 fully saturated rings. The fourth-order valence-electron chi connectivity index (χ4n) is 2.35. The van der Waals surface area contributed by atoms with E-state index in [4.69, 9.17) is 21.8 Å². The van der Waals surface area contributed by atoms with Crippen LogP contribution < -0.4 is 11.3 Å².